The molecule has 10 nitrogen and oxygen atoms in total. The highest BCUT2D eigenvalue weighted by Gasteiger charge is 2.28. The third kappa shape index (κ3) is 6.77. The van der Waals surface area contributed by atoms with Gasteiger partial charge in [-0.25, -0.2) is 15.1 Å². The Balaban J connectivity index is 1.30. The van der Waals surface area contributed by atoms with E-state index >= 15 is 0 Å². The second-order valence-electron chi connectivity index (χ2n) is 7.54. The minimum Gasteiger partial charge on any atom is -0.479 e. The highest BCUT2D eigenvalue weighted by molar-refractivity contribution is 5.79. The van der Waals surface area contributed by atoms with Crippen LogP contribution in [0.4, 0.5) is 4.79 Å². The van der Waals surface area contributed by atoms with E-state index in [-0.39, 0.29) is 45.3 Å². The Bertz CT molecular complexity index is 951. The average Bonchev–Trinajstić information content (AvgIpc) is 3.16. The molecule has 0 heterocycles. The van der Waals surface area contributed by atoms with Crippen LogP contribution in [-0.2, 0) is 28.6 Å². The number of benzene rings is 2. The fourth-order valence-electron chi connectivity index (χ4n) is 3.64. The molecule has 0 saturated heterocycles. The smallest absolute Gasteiger partial charge is 0.407 e. The van der Waals surface area contributed by atoms with Crippen molar-refractivity contribution in [3.05, 3.63) is 59.7 Å². The van der Waals surface area contributed by atoms with Crippen molar-refractivity contribution >= 4 is 18.0 Å². The number of alkyl carbamates (subject to hydrolysis) is 1. The number of aliphatic carboxylic acids is 1. The number of carbonyl (C=O) groups is 3. The molecule has 0 bridgehead atoms. The van der Waals surface area contributed by atoms with Gasteiger partial charge in [0.05, 0.1) is 26.2 Å². The molecule has 0 spiro atoms. The van der Waals surface area contributed by atoms with E-state index in [9.17, 15) is 14.4 Å². The Labute approximate surface area is 197 Å². The average molecular weight is 472 g/mol. The van der Waals surface area contributed by atoms with Crippen LogP contribution in [0.2, 0.25) is 0 Å². The van der Waals surface area contributed by atoms with Gasteiger partial charge in [-0.3, -0.25) is 9.63 Å². The SMILES string of the molecule is COCC(ONC(=O)CCOCCNC(=O)OCC1c2ccccc2-c2ccccc21)C(=O)O. The zero-order valence-corrected chi connectivity index (χ0v) is 18.8. The number of hydrogen-bond donors (Lipinski definition) is 3. The maximum Gasteiger partial charge on any atom is 0.407 e. The molecule has 1 aliphatic rings. The van der Waals surface area contributed by atoms with Crippen LogP contribution in [0.15, 0.2) is 48.5 Å². The van der Waals surface area contributed by atoms with Crippen LogP contribution in [0.3, 0.4) is 0 Å². The van der Waals surface area contributed by atoms with E-state index in [1.54, 1.807) is 0 Å². The summed E-state index contributed by atoms with van der Waals surface area (Å²) in [5, 5.41) is 11.5. The second kappa shape index (κ2) is 12.7. The van der Waals surface area contributed by atoms with Gasteiger partial charge in [-0.05, 0) is 22.3 Å². The molecule has 2 amide bonds. The fraction of sp³-hybridized carbons (Fsp3) is 0.375. The van der Waals surface area contributed by atoms with Gasteiger partial charge in [0.1, 0.15) is 6.61 Å². The zero-order valence-electron chi connectivity index (χ0n) is 18.8. The predicted octanol–water partition coefficient (Wildman–Crippen LogP) is 2.08. The first-order valence-corrected chi connectivity index (χ1v) is 10.8. The third-order valence-electron chi connectivity index (χ3n) is 5.24. The lowest BCUT2D eigenvalue weighted by atomic mass is 9.98. The van der Waals surface area contributed by atoms with Crippen LogP contribution in [0.1, 0.15) is 23.5 Å². The van der Waals surface area contributed by atoms with Crippen molar-refractivity contribution in [1.29, 1.82) is 0 Å². The Morgan fingerprint density at radius 3 is 2.26 bits per heavy atom. The van der Waals surface area contributed by atoms with Gasteiger partial charge in [0.25, 0.3) is 0 Å². The van der Waals surface area contributed by atoms with Crippen molar-refractivity contribution in [3.8, 4) is 11.1 Å². The van der Waals surface area contributed by atoms with Gasteiger partial charge >= 0.3 is 12.1 Å². The van der Waals surface area contributed by atoms with Crippen LogP contribution in [0.5, 0.6) is 0 Å². The lowest BCUT2D eigenvalue weighted by Gasteiger charge is -2.14. The summed E-state index contributed by atoms with van der Waals surface area (Å²) in [6.07, 6.45) is -1.88. The largest absolute Gasteiger partial charge is 0.479 e. The number of carbonyl (C=O) groups excluding carboxylic acids is 2. The quantitative estimate of drug-likeness (QED) is 0.298. The van der Waals surface area contributed by atoms with Gasteiger partial charge in [0.2, 0.25) is 12.0 Å². The Morgan fingerprint density at radius 2 is 1.65 bits per heavy atom. The van der Waals surface area contributed by atoms with Gasteiger partial charge in [0, 0.05) is 19.6 Å². The lowest BCUT2D eigenvalue weighted by molar-refractivity contribution is -0.165. The van der Waals surface area contributed by atoms with Crippen LogP contribution in [-0.4, -0.2) is 69.3 Å². The molecule has 34 heavy (non-hydrogen) atoms. The number of carboxylic acid groups (broad SMARTS) is 1. The molecule has 0 aliphatic heterocycles. The van der Waals surface area contributed by atoms with Gasteiger partial charge in [-0.15, -0.1) is 0 Å². The summed E-state index contributed by atoms with van der Waals surface area (Å²) in [6.45, 7) is 0.488. The number of methoxy groups -OCH3 is 1. The molecule has 10 heteroatoms. The van der Waals surface area contributed by atoms with E-state index < -0.39 is 24.1 Å². The molecule has 2 aromatic rings. The Kier molecular flexibility index (Phi) is 9.39. The maximum atomic E-state index is 12.1. The molecule has 1 unspecified atom stereocenters. The van der Waals surface area contributed by atoms with Crippen molar-refractivity contribution in [3.63, 3.8) is 0 Å². The van der Waals surface area contributed by atoms with Gasteiger partial charge in [0.15, 0.2) is 0 Å². The van der Waals surface area contributed by atoms with E-state index in [1.807, 2.05) is 29.7 Å². The molecule has 2 aromatic carbocycles. The summed E-state index contributed by atoms with van der Waals surface area (Å²) in [5.41, 5.74) is 6.64. The molecule has 1 aliphatic carbocycles. The minimum atomic E-state index is -1.30. The second-order valence-corrected chi connectivity index (χ2v) is 7.54. The molecule has 0 fully saturated rings. The zero-order chi connectivity index (χ0) is 24.3. The van der Waals surface area contributed by atoms with Crippen molar-refractivity contribution in [2.75, 3.05) is 40.1 Å². The van der Waals surface area contributed by atoms with Gasteiger partial charge in [-0.2, -0.15) is 0 Å². The molecule has 0 saturated carbocycles. The fourth-order valence-corrected chi connectivity index (χ4v) is 3.64. The minimum absolute atomic E-state index is 0.0141. The summed E-state index contributed by atoms with van der Waals surface area (Å²) in [5.74, 6) is -1.80. The van der Waals surface area contributed by atoms with Gasteiger partial charge in [-0.1, -0.05) is 48.5 Å². The molecule has 182 valence electrons. The van der Waals surface area contributed by atoms with Gasteiger partial charge < -0.3 is 24.6 Å². The summed E-state index contributed by atoms with van der Waals surface area (Å²) in [4.78, 5) is 39.4. The number of carboxylic acids is 1. The Hall–Kier alpha value is -3.47. The summed E-state index contributed by atoms with van der Waals surface area (Å²) in [7, 11) is 1.32. The first-order valence-electron chi connectivity index (χ1n) is 10.8. The topological polar surface area (TPSA) is 132 Å². The monoisotopic (exact) mass is 472 g/mol. The van der Waals surface area contributed by atoms with Crippen LogP contribution >= 0.6 is 0 Å². The molecule has 3 rings (SSSR count). The first kappa shape index (κ1) is 25.2. The molecule has 1 atom stereocenters. The number of hydrogen-bond acceptors (Lipinski definition) is 7. The highest BCUT2D eigenvalue weighted by Crippen LogP contribution is 2.44. The van der Waals surface area contributed by atoms with Crippen LogP contribution in [0, 0.1) is 0 Å². The van der Waals surface area contributed by atoms with E-state index in [2.05, 4.69) is 29.6 Å². The number of hydroxylamine groups is 1. The predicted molar refractivity (Wildman–Crippen MR) is 121 cm³/mol. The molecule has 0 radical (unpaired) electrons. The summed E-state index contributed by atoms with van der Waals surface area (Å²) >= 11 is 0. The standard InChI is InChI=1S/C24H28N2O8/c1-31-15-21(23(28)29)34-26-22(27)10-12-32-13-11-25-24(30)33-14-20-18-8-4-2-6-16(18)17-7-3-5-9-19(17)20/h2-9,20-21H,10-15H2,1H3,(H,25,30)(H,26,27)(H,28,29). The highest BCUT2D eigenvalue weighted by atomic mass is 16.7. The number of fused-ring (bicyclic) bond motifs is 3. The third-order valence-corrected chi connectivity index (χ3v) is 5.24. The molecule has 3 N–H and O–H groups in total. The van der Waals surface area contributed by atoms with Crippen molar-refractivity contribution in [2.24, 2.45) is 0 Å². The molecular weight excluding hydrogens is 444 g/mol. The van der Waals surface area contributed by atoms with Crippen LogP contribution in [0.25, 0.3) is 11.1 Å². The first-order chi connectivity index (χ1) is 16.5. The maximum absolute atomic E-state index is 12.1. The Morgan fingerprint density at radius 1 is 1.00 bits per heavy atom. The number of nitrogens with one attached hydrogen (secondary N) is 2. The normalized spacial score (nSPS) is 13.0. The van der Waals surface area contributed by atoms with E-state index in [0.29, 0.717) is 0 Å². The summed E-state index contributed by atoms with van der Waals surface area (Å²) in [6, 6.07) is 16.2. The summed E-state index contributed by atoms with van der Waals surface area (Å²) < 4.78 is 15.4. The van der Waals surface area contributed by atoms with Crippen molar-refractivity contribution in [1.82, 2.24) is 10.8 Å². The van der Waals surface area contributed by atoms with E-state index in [0.717, 1.165) is 22.3 Å². The van der Waals surface area contributed by atoms with E-state index in [4.69, 9.17) is 24.2 Å². The van der Waals surface area contributed by atoms with Crippen molar-refractivity contribution in [2.45, 2.75) is 18.4 Å². The van der Waals surface area contributed by atoms with Crippen molar-refractivity contribution < 1.29 is 38.5 Å². The van der Waals surface area contributed by atoms with E-state index in [1.165, 1.54) is 7.11 Å². The van der Waals surface area contributed by atoms with Crippen LogP contribution < -0.4 is 10.8 Å². The molecule has 0 aromatic heterocycles. The number of amides is 2. The lowest BCUT2D eigenvalue weighted by Crippen LogP contribution is -2.37. The number of rotatable bonds is 13. The number of ether oxygens (including phenoxy) is 3. The molecular formula is C24H28N2O8.